The number of carbonyl (C=O) groups is 1. The molecule has 0 radical (unpaired) electrons. The molecule has 2 aromatic carbocycles. The molecule has 6 heteroatoms. The summed E-state index contributed by atoms with van der Waals surface area (Å²) in [5.41, 5.74) is 7.64. The number of hydrogen-bond donors (Lipinski definition) is 2. The highest BCUT2D eigenvalue weighted by Crippen LogP contribution is 2.21. The Morgan fingerprint density at radius 3 is 2.39 bits per heavy atom. The molecule has 1 amide bonds. The fraction of sp³-hybridized carbons (Fsp3) is 0.235. The molecule has 0 aromatic heterocycles. The molecule has 23 heavy (non-hydrogen) atoms. The van der Waals surface area contributed by atoms with E-state index in [1.807, 2.05) is 37.3 Å². The Morgan fingerprint density at radius 2 is 1.83 bits per heavy atom. The molecule has 0 aliphatic heterocycles. The van der Waals surface area contributed by atoms with E-state index < -0.39 is 15.9 Å². The fourth-order valence-electron chi connectivity index (χ4n) is 2.35. The van der Waals surface area contributed by atoms with Crippen LogP contribution in [0, 0.1) is 6.92 Å². The van der Waals surface area contributed by atoms with Crippen molar-refractivity contribution >= 4 is 21.6 Å². The maximum atomic E-state index is 12.4. The number of aryl methyl sites for hydroxylation is 1. The number of hydrogen-bond acceptors (Lipinski definition) is 3. The largest absolute Gasteiger partial charge is 0.366 e. The van der Waals surface area contributed by atoms with Gasteiger partial charge in [-0.1, -0.05) is 37.3 Å². The van der Waals surface area contributed by atoms with Crippen LogP contribution in [0.25, 0.3) is 0 Å². The van der Waals surface area contributed by atoms with Gasteiger partial charge in [0.05, 0.1) is 11.4 Å². The molecule has 3 N–H and O–H groups in total. The number of nitrogens with one attached hydrogen (secondary N) is 1. The SMILES string of the molecule is Cc1cc(C(N)=O)ccc1NS(=O)(=O)CC(C)c1ccccc1. The van der Waals surface area contributed by atoms with E-state index in [2.05, 4.69) is 4.72 Å². The number of sulfonamides is 1. The van der Waals surface area contributed by atoms with Crippen LogP contribution in [-0.4, -0.2) is 20.1 Å². The summed E-state index contributed by atoms with van der Waals surface area (Å²) in [6, 6.07) is 14.1. The molecule has 0 fully saturated rings. The molecule has 0 aliphatic rings. The lowest BCUT2D eigenvalue weighted by Gasteiger charge is -2.15. The number of nitrogens with two attached hydrogens (primary N) is 1. The molecule has 0 bridgehead atoms. The molecule has 1 atom stereocenters. The molecular formula is C17H20N2O3S. The molecule has 0 saturated carbocycles. The molecule has 122 valence electrons. The van der Waals surface area contributed by atoms with Crippen LogP contribution < -0.4 is 10.5 Å². The normalized spacial score (nSPS) is 12.6. The van der Waals surface area contributed by atoms with Crippen molar-refractivity contribution in [3.8, 4) is 0 Å². The third-order valence-electron chi connectivity index (χ3n) is 3.61. The number of carbonyl (C=O) groups excluding carboxylic acids is 1. The van der Waals surface area contributed by atoms with Crippen LogP contribution in [-0.2, 0) is 10.0 Å². The van der Waals surface area contributed by atoms with Crippen molar-refractivity contribution in [1.82, 2.24) is 0 Å². The second kappa shape index (κ2) is 6.83. The van der Waals surface area contributed by atoms with Crippen LogP contribution in [0.5, 0.6) is 0 Å². The summed E-state index contributed by atoms with van der Waals surface area (Å²) < 4.78 is 27.3. The Labute approximate surface area is 136 Å². The topological polar surface area (TPSA) is 89.3 Å². The first-order chi connectivity index (χ1) is 10.8. The van der Waals surface area contributed by atoms with E-state index in [4.69, 9.17) is 5.73 Å². The van der Waals surface area contributed by atoms with Gasteiger partial charge in [-0.25, -0.2) is 8.42 Å². The van der Waals surface area contributed by atoms with Crippen molar-refractivity contribution in [3.05, 3.63) is 65.2 Å². The van der Waals surface area contributed by atoms with Gasteiger partial charge in [0.15, 0.2) is 0 Å². The average Bonchev–Trinajstić information content (AvgIpc) is 2.49. The van der Waals surface area contributed by atoms with Gasteiger partial charge in [-0.2, -0.15) is 0 Å². The van der Waals surface area contributed by atoms with Gasteiger partial charge in [-0.3, -0.25) is 9.52 Å². The number of primary amides is 1. The maximum absolute atomic E-state index is 12.4. The molecule has 0 heterocycles. The van der Waals surface area contributed by atoms with E-state index in [-0.39, 0.29) is 11.7 Å². The van der Waals surface area contributed by atoms with Crippen molar-refractivity contribution in [1.29, 1.82) is 0 Å². The van der Waals surface area contributed by atoms with E-state index in [1.165, 1.54) is 6.07 Å². The Kier molecular flexibility index (Phi) is 5.05. The number of anilines is 1. The van der Waals surface area contributed by atoms with E-state index in [0.29, 0.717) is 16.8 Å². The summed E-state index contributed by atoms with van der Waals surface area (Å²) in [4.78, 5) is 11.1. The number of rotatable bonds is 6. The minimum absolute atomic E-state index is 0.0198. The molecule has 5 nitrogen and oxygen atoms in total. The smallest absolute Gasteiger partial charge is 0.248 e. The predicted octanol–water partition coefficient (Wildman–Crippen LogP) is 2.64. The first-order valence-electron chi connectivity index (χ1n) is 7.24. The predicted molar refractivity (Wildman–Crippen MR) is 92.0 cm³/mol. The third-order valence-corrected chi connectivity index (χ3v) is 5.08. The Bertz CT molecular complexity index is 802. The standard InChI is InChI=1S/C17H20N2O3S/c1-12-10-15(17(18)20)8-9-16(12)19-23(21,22)11-13(2)14-6-4-3-5-7-14/h3-10,13,19H,11H2,1-2H3,(H2,18,20). The first kappa shape index (κ1) is 17.0. The Balaban J connectivity index is 2.14. The monoisotopic (exact) mass is 332 g/mol. The highest BCUT2D eigenvalue weighted by Gasteiger charge is 2.18. The summed E-state index contributed by atoms with van der Waals surface area (Å²) in [6.07, 6.45) is 0. The average molecular weight is 332 g/mol. The van der Waals surface area contributed by atoms with E-state index >= 15 is 0 Å². The van der Waals surface area contributed by atoms with Gasteiger partial charge in [0.1, 0.15) is 0 Å². The van der Waals surface area contributed by atoms with Crippen LogP contribution in [0.3, 0.4) is 0 Å². The zero-order chi connectivity index (χ0) is 17.0. The van der Waals surface area contributed by atoms with Gasteiger partial charge in [0, 0.05) is 5.56 Å². The van der Waals surface area contributed by atoms with Crippen LogP contribution in [0.4, 0.5) is 5.69 Å². The molecular weight excluding hydrogens is 312 g/mol. The lowest BCUT2D eigenvalue weighted by molar-refractivity contribution is 0.1000. The first-order valence-corrected chi connectivity index (χ1v) is 8.89. The van der Waals surface area contributed by atoms with Gasteiger partial charge in [-0.05, 0) is 42.2 Å². The van der Waals surface area contributed by atoms with Crippen molar-refractivity contribution in [3.63, 3.8) is 0 Å². The van der Waals surface area contributed by atoms with Crippen LogP contribution in [0.1, 0.15) is 34.3 Å². The van der Waals surface area contributed by atoms with E-state index in [0.717, 1.165) is 5.56 Å². The van der Waals surface area contributed by atoms with E-state index in [9.17, 15) is 13.2 Å². The lowest BCUT2D eigenvalue weighted by atomic mass is 10.0. The molecule has 0 spiro atoms. The minimum atomic E-state index is -3.50. The third kappa shape index (κ3) is 4.56. The summed E-state index contributed by atoms with van der Waals surface area (Å²) in [5.74, 6) is -0.687. The summed E-state index contributed by atoms with van der Waals surface area (Å²) >= 11 is 0. The quantitative estimate of drug-likeness (QED) is 0.852. The highest BCUT2D eigenvalue weighted by atomic mass is 32.2. The van der Waals surface area contributed by atoms with Crippen molar-refractivity contribution in [2.24, 2.45) is 5.73 Å². The van der Waals surface area contributed by atoms with Crippen molar-refractivity contribution in [2.45, 2.75) is 19.8 Å². The van der Waals surface area contributed by atoms with Gasteiger partial charge in [0.2, 0.25) is 15.9 Å². The molecule has 0 aliphatic carbocycles. The van der Waals surface area contributed by atoms with Gasteiger partial charge in [0.25, 0.3) is 0 Å². The Morgan fingerprint density at radius 1 is 1.17 bits per heavy atom. The van der Waals surface area contributed by atoms with Crippen LogP contribution in [0.15, 0.2) is 48.5 Å². The molecule has 0 saturated heterocycles. The summed E-state index contributed by atoms with van der Waals surface area (Å²) in [5, 5.41) is 0. The second-order valence-corrected chi connectivity index (χ2v) is 7.36. The van der Waals surface area contributed by atoms with Gasteiger partial charge >= 0.3 is 0 Å². The lowest BCUT2D eigenvalue weighted by Crippen LogP contribution is -2.21. The maximum Gasteiger partial charge on any atom is 0.248 e. The van der Waals surface area contributed by atoms with Gasteiger partial charge in [-0.15, -0.1) is 0 Å². The fourth-order valence-corrected chi connectivity index (χ4v) is 3.85. The van der Waals surface area contributed by atoms with Gasteiger partial charge < -0.3 is 5.73 Å². The number of amides is 1. The van der Waals surface area contributed by atoms with E-state index in [1.54, 1.807) is 19.1 Å². The summed E-state index contributed by atoms with van der Waals surface area (Å²) in [7, 11) is -3.50. The molecule has 2 rings (SSSR count). The Hall–Kier alpha value is -2.34. The zero-order valence-electron chi connectivity index (χ0n) is 13.1. The highest BCUT2D eigenvalue weighted by molar-refractivity contribution is 7.92. The second-order valence-electron chi connectivity index (χ2n) is 5.59. The molecule has 2 aromatic rings. The zero-order valence-corrected chi connectivity index (χ0v) is 13.9. The van der Waals surface area contributed by atoms with Crippen molar-refractivity contribution in [2.75, 3.05) is 10.5 Å². The summed E-state index contributed by atoms with van der Waals surface area (Å²) in [6.45, 7) is 3.60. The van der Waals surface area contributed by atoms with Crippen molar-refractivity contribution < 1.29 is 13.2 Å². The van der Waals surface area contributed by atoms with Crippen LogP contribution in [0.2, 0.25) is 0 Å². The number of benzene rings is 2. The minimum Gasteiger partial charge on any atom is -0.366 e. The molecule has 1 unspecified atom stereocenters. The van der Waals surface area contributed by atoms with Crippen LogP contribution >= 0.6 is 0 Å².